The highest BCUT2D eigenvalue weighted by atomic mass is 79.9. The van der Waals surface area contributed by atoms with Crippen molar-refractivity contribution in [2.45, 2.75) is 32.7 Å². The SMILES string of the molecule is CC(C)CC[C@@H](N)c1ccc(Br)c(Br)c1. The number of hydrogen-bond donors (Lipinski definition) is 1. The van der Waals surface area contributed by atoms with Gasteiger partial charge in [-0.05, 0) is 68.3 Å². The summed E-state index contributed by atoms with van der Waals surface area (Å²) in [4.78, 5) is 0. The molecule has 0 aromatic heterocycles. The third-order valence-electron chi connectivity index (χ3n) is 2.43. The van der Waals surface area contributed by atoms with Crippen LogP contribution in [0.15, 0.2) is 27.1 Å². The molecule has 1 aromatic carbocycles. The Morgan fingerprint density at radius 1 is 1.13 bits per heavy atom. The van der Waals surface area contributed by atoms with Gasteiger partial charge in [0.2, 0.25) is 0 Å². The first-order chi connectivity index (χ1) is 7.00. The van der Waals surface area contributed by atoms with Crippen molar-refractivity contribution in [3.8, 4) is 0 Å². The van der Waals surface area contributed by atoms with E-state index in [1.165, 1.54) is 12.0 Å². The van der Waals surface area contributed by atoms with Crippen molar-refractivity contribution in [3.05, 3.63) is 32.7 Å². The maximum atomic E-state index is 6.13. The average molecular weight is 335 g/mol. The summed E-state index contributed by atoms with van der Waals surface area (Å²) in [5.41, 5.74) is 7.33. The van der Waals surface area contributed by atoms with E-state index in [1.807, 2.05) is 6.07 Å². The number of hydrogen-bond acceptors (Lipinski definition) is 1. The zero-order valence-electron chi connectivity index (χ0n) is 9.13. The molecule has 1 atom stereocenters. The number of benzene rings is 1. The first kappa shape index (κ1) is 13.2. The summed E-state index contributed by atoms with van der Waals surface area (Å²) in [6.07, 6.45) is 2.22. The van der Waals surface area contributed by atoms with Crippen molar-refractivity contribution < 1.29 is 0 Å². The van der Waals surface area contributed by atoms with Gasteiger partial charge in [-0.3, -0.25) is 0 Å². The van der Waals surface area contributed by atoms with E-state index in [0.29, 0.717) is 0 Å². The second kappa shape index (κ2) is 6.02. The van der Waals surface area contributed by atoms with Crippen LogP contribution in [0.3, 0.4) is 0 Å². The van der Waals surface area contributed by atoms with Crippen LogP contribution in [0.2, 0.25) is 0 Å². The van der Waals surface area contributed by atoms with Crippen LogP contribution in [-0.4, -0.2) is 0 Å². The third-order valence-corrected chi connectivity index (χ3v) is 4.31. The van der Waals surface area contributed by atoms with Crippen molar-refractivity contribution in [2.24, 2.45) is 11.7 Å². The van der Waals surface area contributed by atoms with Crippen LogP contribution in [0.1, 0.15) is 38.3 Å². The Balaban J connectivity index is 2.65. The fraction of sp³-hybridized carbons (Fsp3) is 0.500. The van der Waals surface area contributed by atoms with Gasteiger partial charge >= 0.3 is 0 Å². The molecule has 0 unspecified atom stereocenters. The van der Waals surface area contributed by atoms with E-state index in [4.69, 9.17) is 5.73 Å². The number of halogens is 2. The van der Waals surface area contributed by atoms with Gasteiger partial charge in [0.05, 0.1) is 0 Å². The normalized spacial score (nSPS) is 13.2. The number of nitrogens with two attached hydrogens (primary N) is 1. The maximum Gasteiger partial charge on any atom is 0.0320 e. The molecule has 0 heterocycles. The lowest BCUT2D eigenvalue weighted by molar-refractivity contribution is 0.507. The minimum Gasteiger partial charge on any atom is -0.324 e. The van der Waals surface area contributed by atoms with E-state index >= 15 is 0 Å². The fourth-order valence-electron chi connectivity index (χ4n) is 1.42. The fourth-order valence-corrected chi connectivity index (χ4v) is 2.07. The van der Waals surface area contributed by atoms with Gasteiger partial charge in [0.1, 0.15) is 0 Å². The molecule has 3 heteroatoms. The molecular formula is C12H17Br2N. The van der Waals surface area contributed by atoms with Crippen LogP contribution in [0.5, 0.6) is 0 Å². The summed E-state index contributed by atoms with van der Waals surface area (Å²) >= 11 is 6.94. The van der Waals surface area contributed by atoms with Gasteiger partial charge in [-0.1, -0.05) is 19.9 Å². The van der Waals surface area contributed by atoms with E-state index in [2.05, 4.69) is 57.8 Å². The van der Waals surface area contributed by atoms with Crippen LogP contribution >= 0.6 is 31.9 Å². The van der Waals surface area contributed by atoms with Crippen molar-refractivity contribution in [3.63, 3.8) is 0 Å². The maximum absolute atomic E-state index is 6.13. The molecule has 1 nitrogen and oxygen atoms in total. The van der Waals surface area contributed by atoms with Crippen molar-refractivity contribution in [1.29, 1.82) is 0 Å². The summed E-state index contributed by atoms with van der Waals surface area (Å²) in [7, 11) is 0. The summed E-state index contributed by atoms with van der Waals surface area (Å²) in [5.74, 6) is 0.718. The van der Waals surface area contributed by atoms with Crippen LogP contribution in [0.4, 0.5) is 0 Å². The summed E-state index contributed by atoms with van der Waals surface area (Å²) in [6.45, 7) is 4.45. The molecule has 0 saturated carbocycles. The van der Waals surface area contributed by atoms with Gasteiger partial charge in [0, 0.05) is 15.0 Å². The first-order valence-electron chi connectivity index (χ1n) is 5.21. The van der Waals surface area contributed by atoms with Crippen molar-refractivity contribution in [1.82, 2.24) is 0 Å². The highest BCUT2D eigenvalue weighted by molar-refractivity contribution is 9.13. The molecule has 0 saturated heterocycles. The lowest BCUT2D eigenvalue weighted by Gasteiger charge is -2.14. The predicted octanol–water partition coefficient (Wildman–Crippen LogP) is 4.65. The Hall–Kier alpha value is 0.140. The van der Waals surface area contributed by atoms with Crippen molar-refractivity contribution >= 4 is 31.9 Å². The van der Waals surface area contributed by atoms with Gasteiger partial charge in [-0.15, -0.1) is 0 Å². The smallest absolute Gasteiger partial charge is 0.0320 e. The minimum absolute atomic E-state index is 0.150. The molecule has 0 bridgehead atoms. The quantitative estimate of drug-likeness (QED) is 0.852. The molecule has 0 aliphatic carbocycles. The molecular weight excluding hydrogens is 318 g/mol. The van der Waals surface area contributed by atoms with E-state index in [-0.39, 0.29) is 6.04 Å². The second-order valence-corrected chi connectivity index (χ2v) is 5.96. The molecule has 1 rings (SSSR count). The summed E-state index contributed by atoms with van der Waals surface area (Å²) in [5, 5.41) is 0. The van der Waals surface area contributed by atoms with Crippen LogP contribution in [-0.2, 0) is 0 Å². The molecule has 0 aliphatic rings. The van der Waals surface area contributed by atoms with Gasteiger partial charge in [0.15, 0.2) is 0 Å². The minimum atomic E-state index is 0.150. The van der Waals surface area contributed by atoms with E-state index in [0.717, 1.165) is 21.3 Å². The lowest BCUT2D eigenvalue weighted by Crippen LogP contribution is -2.11. The summed E-state index contributed by atoms with van der Waals surface area (Å²) in [6, 6.07) is 6.36. The molecule has 0 fully saturated rings. The topological polar surface area (TPSA) is 26.0 Å². The molecule has 0 radical (unpaired) electrons. The van der Waals surface area contributed by atoms with Gasteiger partial charge < -0.3 is 5.73 Å². The highest BCUT2D eigenvalue weighted by Gasteiger charge is 2.08. The average Bonchev–Trinajstić information content (AvgIpc) is 2.18. The monoisotopic (exact) mass is 333 g/mol. The zero-order chi connectivity index (χ0) is 11.4. The first-order valence-corrected chi connectivity index (χ1v) is 6.80. The van der Waals surface area contributed by atoms with Crippen LogP contribution in [0.25, 0.3) is 0 Å². The molecule has 15 heavy (non-hydrogen) atoms. The molecule has 1 aromatic rings. The number of rotatable bonds is 4. The van der Waals surface area contributed by atoms with Crippen LogP contribution in [0, 0.1) is 5.92 Å². The Kier molecular flexibility index (Phi) is 5.30. The Morgan fingerprint density at radius 2 is 1.80 bits per heavy atom. The predicted molar refractivity (Wildman–Crippen MR) is 72.8 cm³/mol. The molecule has 2 N–H and O–H groups in total. The molecule has 84 valence electrons. The van der Waals surface area contributed by atoms with E-state index < -0.39 is 0 Å². The summed E-state index contributed by atoms with van der Waals surface area (Å²) < 4.78 is 2.14. The molecule has 0 spiro atoms. The highest BCUT2D eigenvalue weighted by Crippen LogP contribution is 2.27. The van der Waals surface area contributed by atoms with Gasteiger partial charge in [-0.2, -0.15) is 0 Å². The van der Waals surface area contributed by atoms with E-state index in [9.17, 15) is 0 Å². The lowest BCUT2D eigenvalue weighted by atomic mass is 9.98. The molecule has 0 aliphatic heterocycles. The standard InChI is InChI=1S/C12H17Br2N/c1-8(2)3-6-12(15)9-4-5-10(13)11(14)7-9/h4-5,7-8,12H,3,6,15H2,1-2H3/t12-/m1/s1. The van der Waals surface area contributed by atoms with Gasteiger partial charge in [-0.25, -0.2) is 0 Å². The van der Waals surface area contributed by atoms with Crippen LogP contribution < -0.4 is 5.73 Å². The third kappa shape index (κ3) is 4.25. The molecule has 0 amide bonds. The van der Waals surface area contributed by atoms with Gasteiger partial charge in [0.25, 0.3) is 0 Å². The Labute approximate surface area is 109 Å². The van der Waals surface area contributed by atoms with Crippen molar-refractivity contribution in [2.75, 3.05) is 0 Å². The Bertz CT molecular complexity index is 323. The Morgan fingerprint density at radius 3 is 2.33 bits per heavy atom. The largest absolute Gasteiger partial charge is 0.324 e. The second-order valence-electron chi connectivity index (χ2n) is 4.25. The van der Waals surface area contributed by atoms with E-state index in [1.54, 1.807) is 0 Å². The zero-order valence-corrected chi connectivity index (χ0v) is 12.3.